The minimum Gasteiger partial charge on any atom is -0.481 e. The van der Waals surface area contributed by atoms with Crippen molar-refractivity contribution < 1.29 is 14.7 Å². The lowest BCUT2D eigenvalue weighted by atomic mass is 10.0. The van der Waals surface area contributed by atoms with E-state index >= 15 is 0 Å². The quantitative estimate of drug-likeness (QED) is 0.315. The van der Waals surface area contributed by atoms with Crippen LogP contribution in [0.3, 0.4) is 0 Å². The average Bonchev–Trinajstić information content (AvgIpc) is 2.50. The van der Waals surface area contributed by atoms with Gasteiger partial charge in [-0.25, -0.2) is 0 Å². The van der Waals surface area contributed by atoms with Crippen molar-refractivity contribution >= 4 is 11.9 Å². The number of nitrogens with one attached hydrogen (secondary N) is 1. The predicted molar refractivity (Wildman–Crippen MR) is 95.5 cm³/mol. The highest BCUT2D eigenvalue weighted by Crippen LogP contribution is 2.12. The number of hydrogen-bond donors (Lipinski definition) is 2. The van der Waals surface area contributed by atoms with Crippen molar-refractivity contribution in [3.05, 3.63) is 12.2 Å². The van der Waals surface area contributed by atoms with Gasteiger partial charge < -0.3 is 10.4 Å². The number of hydrogen-bond acceptors (Lipinski definition) is 2. The smallest absolute Gasteiger partial charge is 0.303 e. The maximum absolute atomic E-state index is 11.3. The zero-order valence-electron chi connectivity index (χ0n) is 14.9. The molecule has 0 heterocycles. The molecule has 0 unspecified atom stereocenters. The van der Waals surface area contributed by atoms with E-state index < -0.39 is 5.97 Å². The maximum Gasteiger partial charge on any atom is 0.303 e. The third-order valence-electron chi connectivity index (χ3n) is 3.99. The molecule has 0 radical (unpaired) electrons. The fraction of sp³-hybridized carbons (Fsp3) is 0.789. The lowest BCUT2D eigenvalue weighted by Gasteiger charge is -2.05. The van der Waals surface area contributed by atoms with Crippen LogP contribution in [0.2, 0.25) is 0 Å². The van der Waals surface area contributed by atoms with E-state index in [-0.39, 0.29) is 5.91 Å². The monoisotopic (exact) mass is 325 g/mol. The Kier molecular flexibility index (Phi) is 14.7. The third-order valence-corrected chi connectivity index (χ3v) is 3.99. The van der Waals surface area contributed by atoms with Crippen LogP contribution in [-0.2, 0) is 9.59 Å². The lowest BCUT2D eigenvalue weighted by Crippen LogP contribution is -2.24. The number of amides is 1. The Morgan fingerprint density at radius 2 is 1.17 bits per heavy atom. The van der Waals surface area contributed by atoms with Crippen LogP contribution in [0.5, 0.6) is 0 Å². The first-order chi connectivity index (χ1) is 11.0. The number of aliphatic carboxylic acids is 1. The molecule has 0 aromatic heterocycles. The molecule has 23 heavy (non-hydrogen) atoms. The topological polar surface area (TPSA) is 66.4 Å². The van der Waals surface area contributed by atoms with Gasteiger partial charge in [-0.05, 0) is 19.8 Å². The first kappa shape index (κ1) is 21.7. The van der Waals surface area contributed by atoms with Crippen LogP contribution in [0.1, 0.15) is 90.4 Å². The summed E-state index contributed by atoms with van der Waals surface area (Å²) in [6, 6.07) is 0. The third kappa shape index (κ3) is 16.9. The summed E-state index contributed by atoms with van der Waals surface area (Å²) in [5.41, 5.74) is 0.576. The molecule has 0 bridgehead atoms. The molecule has 0 aliphatic heterocycles. The van der Waals surface area contributed by atoms with E-state index in [1.54, 1.807) is 6.92 Å². The Morgan fingerprint density at radius 1 is 0.783 bits per heavy atom. The van der Waals surface area contributed by atoms with Crippen LogP contribution in [0.25, 0.3) is 0 Å². The molecule has 134 valence electrons. The number of unbranched alkanes of at least 4 members (excludes halogenated alkanes) is 11. The normalized spacial score (nSPS) is 10.5. The Hall–Kier alpha value is -1.32. The van der Waals surface area contributed by atoms with Gasteiger partial charge in [0.15, 0.2) is 0 Å². The second kappa shape index (κ2) is 15.6. The molecule has 4 heteroatoms. The van der Waals surface area contributed by atoms with Crippen LogP contribution in [-0.4, -0.2) is 23.5 Å². The summed E-state index contributed by atoms with van der Waals surface area (Å²) >= 11 is 0. The van der Waals surface area contributed by atoms with E-state index in [9.17, 15) is 9.59 Å². The summed E-state index contributed by atoms with van der Waals surface area (Å²) in [6.45, 7) is 6.10. The molecule has 1 amide bonds. The molecule has 0 aliphatic rings. The maximum atomic E-state index is 11.3. The van der Waals surface area contributed by atoms with Crippen LogP contribution in [0, 0.1) is 0 Å². The minimum atomic E-state index is -0.678. The van der Waals surface area contributed by atoms with Crippen molar-refractivity contribution in [2.45, 2.75) is 90.4 Å². The Labute approximate surface area is 141 Å². The van der Waals surface area contributed by atoms with E-state index in [1.165, 1.54) is 57.8 Å². The van der Waals surface area contributed by atoms with E-state index in [0.717, 1.165) is 25.8 Å². The fourth-order valence-corrected chi connectivity index (χ4v) is 2.52. The molecule has 0 rings (SSSR count). The van der Waals surface area contributed by atoms with Crippen molar-refractivity contribution in [1.82, 2.24) is 5.32 Å². The summed E-state index contributed by atoms with van der Waals surface area (Å²) in [6.07, 6.45) is 14.5. The standard InChI is InChI=1S/C19H35NO3/c1-17(2)19(23)20-16-14-12-10-8-6-4-3-5-7-9-11-13-15-18(21)22/h1,3-16H2,2H3,(H,20,23)(H,21,22). The molecule has 0 aliphatic carbocycles. The molecule has 0 saturated carbocycles. The van der Waals surface area contributed by atoms with Gasteiger partial charge in [0.2, 0.25) is 5.91 Å². The molecule has 0 saturated heterocycles. The number of carboxylic acids is 1. The van der Waals surface area contributed by atoms with Crippen molar-refractivity contribution in [2.75, 3.05) is 6.54 Å². The molecular formula is C19H35NO3. The summed E-state index contributed by atoms with van der Waals surface area (Å²) in [5.74, 6) is -0.712. The second-order valence-corrected chi connectivity index (χ2v) is 6.42. The number of carbonyl (C=O) groups is 2. The van der Waals surface area contributed by atoms with Gasteiger partial charge in [0, 0.05) is 18.5 Å². The highest BCUT2D eigenvalue weighted by atomic mass is 16.4. The van der Waals surface area contributed by atoms with Gasteiger partial charge in [0.1, 0.15) is 0 Å². The van der Waals surface area contributed by atoms with Crippen molar-refractivity contribution in [3.63, 3.8) is 0 Å². The fourth-order valence-electron chi connectivity index (χ4n) is 2.52. The summed E-state index contributed by atoms with van der Waals surface area (Å²) in [7, 11) is 0. The molecule has 0 atom stereocenters. The zero-order chi connectivity index (χ0) is 17.3. The van der Waals surface area contributed by atoms with Crippen molar-refractivity contribution in [2.24, 2.45) is 0 Å². The van der Waals surface area contributed by atoms with E-state index in [4.69, 9.17) is 5.11 Å². The molecule has 0 spiro atoms. The Morgan fingerprint density at radius 3 is 1.57 bits per heavy atom. The molecule has 0 aromatic rings. The van der Waals surface area contributed by atoms with Gasteiger partial charge in [-0.15, -0.1) is 0 Å². The highest BCUT2D eigenvalue weighted by molar-refractivity contribution is 5.91. The van der Waals surface area contributed by atoms with Gasteiger partial charge in [0.05, 0.1) is 0 Å². The zero-order valence-corrected chi connectivity index (χ0v) is 14.9. The lowest BCUT2D eigenvalue weighted by molar-refractivity contribution is -0.137. The number of rotatable bonds is 16. The SMILES string of the molecule is C=C(C)C(=O)NCCCCCCCCCCCCCCC(=O)O. The highest BCUT2D eigenvalue weighted by Gasteiger charge is 1.99. The van der Waals surface area contributed by atoms with Crippen LogP contribution in [0.4, 0.5) is 0 Å². The van der Waals surface area contributed by atoms with E-state index in [2.05, 4.69) is 11.9 Å². The van der Waals surface area contributed by atoms with Gasteiger partial charge >= 0.3 is 5.97 Å². The van der Waals surface area contributed by atoms with Crippen LogP contribution < -0.4 is 5.32 Å². The van der Waals surface area contributed by atoms with Gasteiger partial charge in [0.25, 0.3) is 0 Å². The first-order valence-electron chi connectivity index (χ1n) is 9.19. The minimum absolute atomic E-state index is 0.0343. The van der Waals surface area contributed by atoms with E-state index in [0.29, 0.717) is 12.0 Å². The summed E-state index contributed by atoms with van der Waals surface area (Å²) < 4.78 is 0. The molecule has 2 N–H and O–H groups in total. The Balaban J connectivity index is 3.09. The van der Waals surface area contributed by atoms with Crippen LogP contribution in [0.15, 0.2) is 12.2 Å². The van der Waals surface area contributed by atoms with Crippen molar-refractivity contribution in [3.8, 4) is 0 Å². The predicted octanol–water partition coefficient (Wildman–Crippen LogP) is 4.83. The first-order valence-corrected chi connectivity index (χ1v) is 9.19. The number of carbonyl (C=O) groups excluding carboxylic acids is 1. The molecule has 0 aromatic carbocycles. The Bertz CT molecular complexity index is 340. The van der Waals surface area contributed by atoms with Crippen LogP contribution >= 0.6 is 0 Å². The van der Waals surface area contributed by atoms with Gasteiger partial charge in [-0.2, -0.15) is 0 Å². The molecular weight excluding hydrogens is 290 g/mol. The van der Waals surface area contributed by atoms with Gasteiger partial charge in [-0.1, -0.05) is 70.8 Å². The molecule has 0 fully saturated rings. The average molecular weight is 325 g/mol. The van der Waals surface area contributed by atoms with Crippen molar-refractivity contribution in [1.29, 1.82) is 0 Å². The largest absolute Gasteiger partial charge is 0.481 e. The number of carboxylic acid groups (broad SMARTS) is 1. The molecule has 4 nitrogen and oxygen atoms in total. The summed E-state index contributed by atoms with van der Waals surface area (Å²) in [5, 5.41) is 11.4. The second-order valence-electron chi connectivity index (χ2n) is 6.42. The van der Waals surface area contributed by atoms with Gasteiger partial charge in [-0.3, -0.25) is 9.59 Å². The van der Waals surface area contributed by atoms with E-state index in [1.807, 2.05) is 0 Å². The summed E-state index contributed by atoms with van der Waals surface area (Å²) in [4.78, 5) is 21.6.